The zero-order chi connectivity index (χ0) is 15.5. The second-order valence-electron chi connectivity index (χ2n) is 5.96. The third-order valence-electron chi connectivity index (χ3n) is 4.47. The van der Waals surface area contributed by atoms with Gasteiger partial charge in [-0.05, 0) is 36.1 Å². The van der Waals surface area contributed by atoms with Gasteiger partial charge in [0.1, 0.15) is 5.75 Å². The molecule has 23 heavy (non-hydrogen) atoms. The minimum atomic E-state index is -0.462. The smallest absolute Gasteiger partial charge is 0.248 e. The number of nitrogens with two attached hydrogens (primary N) is 1. The molecule has 1 aromatic carbocycles. The summed E-state index contributed by atoms with van der Waals surface area (Å²) in [5.74, 6) is 1.57. The number of carbonyl (C=O) groups is 2. The van der Waals surface area contributed by atoms with Crippen molar-refractivity contribution in [2.45, 2.75) is 6.42 Å². The van der Waals surface area contributed by atoms with Gasteiger partial charge in [0.25, 0.3) is 0 Å². The summed E-state index contributed by atoms with van der Waals surface area (Å²) in [5, 5.41) is 3.37. The molecule has 2 saturated heterocycles. The topological polar surface area (TPSA) is 84.7 Å². The van der Waals surface area contributed by atoms with Crippen molar-refractivity contribution in [2.75, 3.05) is 32.8 Å². The molecular formula is C16H22ClN3O3. The maximum Gasteiger partial charge on any atom is 0.248 e. The number of benzene rings is 1. The lowest BCUT2D eigenvalue weighted by molar-refractivity contribution is -0.130. The van der Waals surface area contributed by atoms with Gasteiger partial charge in [-0.3, -0.25) is 9.59 Å². The molecule has 3 N–H and O–H groups in total. The Morgan fingerprint density at radius 3 is 2.35 bits per heavy atom. The summed E-state index contributed by atoms with van der Waals surface area (Å²) in [6.07, 6.45) is 0.379. The predicted molar refractivity (Wildman–Crippen MR) is 88.7 cm³/mol. The fourth-order valence-electron chi connectivity index (χ4n) is 3.19. The molecule has 2 fully saturated rings. The Bertz CT molecular complexity index is 552. The van der Waals surface area contributed by atoms with E-state index in [0.717, 1.165) is 26.2 Å². The number of carbonyl (C=O) groups excluding carboxylic acids is 2. The van der Waals surface area contributed by atoms with Crippen LogP contribution >= 0.6 is 12.4 Å². The van der Waals surface area contributed by atoms with Crippen LogP contribution in [0.1, 0.15) is 16.8 Å². The molecule has 126 valence electrons. The first-order valence-corrected chi connectivity index (χ1v) is 7.64. The van der Waals surface area contributed by atoms with Crippen molar-refractivity contribution in [1.82, 2.24) is 10.2 Å². The van der Waals surface area contributed by atoms with E-state index in [9.17, 15) is 9.59 Å². The van der Waals surface area contributed by atoms with Crippen LogP contribution in [0.25, 0.3) is 0 Å². The number of nitrogens with zero attached hydrogens (tertiary/aromatic N) is 1. The molecule has 2 heterocycles. The molecule has 2 aliphatic heterocycles. The number of hydrogen-bond donors (Lipinski definition) is 2. The van der Waals surface area contributed by atoms with Crippen LogP contribution in [0.15, 0.2) is 24.3 Å². The third kappa shape index (κ3) is 4.14. The lowest BCUT2D eigenvalue weighted by Crippen LogP contribution is -2.32. The van der Waals surface area contributed by atoms with Crippen LogP contribution in [0.4, 0.5) is 0 Å². The van der Waals surface area contributed by atoms with Gasteiger partial charge in [-0.25, -0.2) is 0 Å². The Morgan fingerprint density at radius 1 is 1.17 bits per heavy atom. The number of nitrogens with one attached hydrogen (secondary N) is 1. The maximum atomic E-state index is 12.2. The van der Waals surface area contributed by atoms with Crippen molar-refractivity contribution >= 4 is 24.2 Å². The second kappa shape index (κ2) is 7.66. The Hall–Kier alpha value is -1.79. The molecule has 0 aliphatic carbocycles. The van der Waals surface area contributed by atoms with Crippen LogP contribution < -0.4 is 15.8 Å². The minimum absolute atomic E-state index is 0. The molecule has 1 aromatic rings. The highest BCUT2D eigenvalue weighted by Gasteiger charge is 2.37. The number of halogens is 1. The van der Waals surface area contributed by atoms with Crippen molar-refractivity contribution in [3.63, 3.8) is 0 Å². The first-order chi connectivity index (χ1) is 10.6. The van der Waals surface area contributed by atoms with E-state index in [-0.39, 0.29) is 18.3 Å². The molecule has 0 aromatic heterocycles. The molecule has 0 saturated carbocycles. The maximum absolute atomic E-state index is 12.2. The van der Waals surface area contributed by atoms with Crippen LogP contribution in [0.5, 0.6) is 5.75 Å². The molecule has 2 amide bonds. The number of likely N-dealkylation sites (tertiary alicyclic amines) is 1. The van der Waals surface area contributed by atoms with E-state index >= 15 is 0 Å². The van der Waals surface area contributed by atoms with Gasteiger partial charge < -0.3 is 20.7 Å². The number of rotatable bonds is 5. The van der Waals surface area contributed by atoms with Gasteiger partial charge in [0.05, 0.1) is 13.0 Å². The lowest BCUT2D eigenvalue weighted by atomic mass is 10.0. The summed E-state index contributed by atoms with van der Waals surface area (Å²) in [4.78, 5) is 25.1. The average molecular weight is 340 g/mol. The van der Waals surface area contributed by atoms with Crippen molar-refractivity contribution < 1.29 is 14.3 Å². The summed E-state index contributed by atoms with van der Waals surface area (Å²) < 4.78 is 5.55. The zero-order valence-corrected chi connectivity index (χ0v) is 13.7. The van der Waals surface area contributed by atoms with Gasteiger partial charge >= 0.3 is 0 Å². The first-order valence-electron chi connectivity index (χ1n) is 7.64. The van der Waals surface area contributed by atoms with Crippen molar-refractivity contribution in [2.24, 2.45) is 17.6 Å². The van der Waals surface area contributed by atoms with Crippen molar-refractivity contribution in [3.05, 3.63) is 29.8 Å². The summed E-state index contributed by atoms with van der Waals surface area (Å²) in [7, 11) is 0. The molecule has 0 radical (unpaired) electrons. The molecule has 3 rings (SSSR count). The van der Waals surface area contributed by atoms with Crippen LogP contribution in [0.3, 0.4) is 0 Å². The fourth-order valence-corrected chi connectivity index (χ4v) is 3.19. The Morgan fingerprint density at radius 2 is 1.78 bits per heavy atom. The third-order valence-corrected chi connectivity index (χ3v) is 4.47. The zero-order valence-electron chi connectivity index (χ0n) is 12.9. The van der Waals surface area contributed by atoms with E-state index in [0.29, 0.717) is 36.2 Å². The summed E-state index contributed by atoms with van der Waals surface area (Å²) in [6, 6.07) is 6.62. The van der Waals surface area contributed by atoms with Crippen LogP contribution in [0.2, 0.25) is 0 Å². The van der Waals surface area contributed by atoms with Crippen molar-refractivity contribution in [1.29, 1.82) is 0 Å². The number of ether oxygens (including phenoxy) is 1. The van der Waals surface area contributed by atoms with E-state index in [4.69, 9.17) is 10.5 Å². The van der Waals surface area contributed by atoms with Gasteiger partial charge in [-0.1, -0.05) is 0 Å². The molecule has 0 unspecified atom stereocenters. The number of amides is 2. The van der Waals surface area contributed by atoms with E-state index in [1.165, 1.54) is 0 Å². The van der Waals surface area contributed by atoms with Gasteiger partial charge in [0, 0.05) is 31.7 Å². The van der Waals surface area contributed by atoms with Crippen LogP contribution in [0, 0.1) is 11.8 Å². The normalized spacial score (nSPS) is 22.3. The molecular weight excluding hydrogens is 318 g/mol. The predicted octanol–water partition coefficient (Wildman–Crippen LogP) is 0.654. The average Bonchev–Trinajstić information content (AvgIpc) is 3.09. The van der Waals surface area contributed by atoms with Crippen LogP contribution in [-0.4, -0.2) is 49.5 Å². The quantitative estimate of drug-likeness (QED) is 0.825. The highest BCUT2D eigenvalue weighted by atomic mass is 35.5. The monoisotopic (exact) mass is 339 g/mol. The fraction of sp³-hybridized carbons (Fsp3) is 0.500. The molecule has 2 atom stereocenters. The van der Waals surface area contributed by atoms with E-state index in [2.05, 4.69) is 5.32 Å². The van der Waals surface area contributed by atoms with Gasteiger partial charge in [-0.2, -0.15) is 0 Å². The molecule has 2 aliphatic rings. The summed E-state index contributed by atoms with van der Waals surface area (Å²) in [5.41, 5.74) is 5.62. The van der Waals surface area contributed by atoms with Gasteiger partial charge in [0.15, 0.2) is 0 Å². The van der Waals surface area contributed by atoms with Gasteiger partial charge in [-0.15, -0.1) is 12.4 Å². The minimum Gasteiger partial charge on any atom is -0.493 e. The largest absolute Gasteiger partial charge is 0.493 e. The highest BCUT2D eigenvalue weighted by Crippen LogP contribution is 2.26. The molecule has 7 heteroatoms. The number of primary amides is 1. The molecule has 6 nitrogen and oxygen atoms in total. The second-order valence-corrected chi connectivity index (χ2v) is 5.96. The number of hydrogen-bond acceptors (Lipinski definition) is 4. The standard InChI is InChI=1S/C16H21N3O3.ClH/c17-16(21)11-1-3-14(4-2-11)22-6-5-15(20)19-9-12-7-18-8-13(12)10-19;/h1-4,12-13,18H,5-10H2,(H2,17,21);1H/t12-,13+;. The van der Waals surface area contributed by atoms with Crippen molar-refractivity contribution in [3.8, 4) is 5.75 Å². The number of fused-ring (bicyclic) bond motifs is 1. The van der Waals surface area contributed by atoms with E-state index in [1.54, 1.807) is 24.3 Å². The SMILES string of the molecule is Cl.NC(=O)c1ccc(OCCC(=O)N2C[C@H]3CNC[C@H]3C2)cc1. The highest BCUT2D eigenvalue weighted by molar-refractivity contribution is 5.92. The molecule has 0 spiro atoms. The Kier molecular flexibility index (Phi) is 5.85. The van der Waals surface area contributed by atoms with E-state index < -0.39 is 5.91 Å². The lowest BCUT2D eigenvalue weighted by Gasteiger charge is -2.17. The van der Waals surface area contributed by atoms with E-state index in [1.807, 2.05) is 4.90 Å². The Balaban J connectivity index is 0.00000192. The van der Waals surface area contributed by atoms with Gasteiger partial charge in [0.2, 0.25) is 11.8 Å². The Labute approximate surface area is 141 Å². The van der Waals surface area contributed by atoms with Crippen LogP contribution in [-0.2, 0) is 4.79 Å². The summed E-state index contributed by atoms with van der Waals surface area (Å²) in [6.45, 7) is 4.13. The first kappa shape index (κ1) is 17.6. The molecule has 0 bridgehead atoms. The summed E-state index contributed by atoms with van der Waals surface area (Å²) >= 11 is 0.